The average Bonchev–Trinajstić information content (AvgIpc) is 3.14. The number of amidine groups is 1. The van der Waals surface area contributed by atoms with Crippen LogP contribution in [0.15, 0.2) is 28.1 Å². The quantitative estimate of drug-likeness (QED) is 0.593. The standard InChI is InChI=1S/C23H34N6O3S/c1-5-8-22-25-17(4)20-16-24-23(26-29(20)22)19-15-18(9-10-21(19)32-7-3)33(30,31)28-13-11-27(6-2)12-14-28/h9-10,15H,5-8,11-14,16H2,1-4H3,(H,24,26)/p+1. The van der Waals surface area contributed by atoms with Crippen LogP contribution in [-0.2, 0) is 23.0 Å². The van der Waals surface area contributed by atoms with Gasteiger partial charge < -0.3 is 9.64 Å². The number of quaternary nitrogens is 1. The van der Waals surface area contributed by atoms with Gasteiger partial charge in [0.15, 0.2) is 5.84 Å². The van der Waals surface area contributed by atoms with Crippen molar-refractivity contribution in [3.63, 3.8) is 0 Å². The normalized spacial score (nSPS) is 17.4. The van der Waals surface area contributed by atoms with Crippen LogP contribution in [0.25, 0.3) is 0 Å². The molecule has 1 saturated heterocycles. The maximum absolute atomic E-state index is 13.4. The van der Waals surface area contributed by atoms with Gasteiger partial charge in [-0.05, 0) is 45.4 Å². The summed E-state index contributed by atoms with van der Waals surface area (Å²) in [5.74, 6) is 2.16. The lowest BCUT2D eigenvalue weighted by molar-refractivity contribution is -0.901. The molecule has 1 fully saturated rings. The van der Waals surface area contributed by atoms with E-state index < -0.39 is 10.0 Å². The van der Waals surface area contributed by atoms with E-state index in [9.17, 15) is 8.42 Å². The van der Waals surface area contributed by atoms with Gasteiger partial charge in [0.25, 0.3) is 0 Å². The van der Waals surface area contributed by atoms with E-state index in [-0.39, 0.29) is 4.90 Å². The average molecular weight is 476 g/mol. The maximum atomic E-state index is 13.4. The molecule has 1 aromatic carbocycles. The summed E-state index contributed by atoms with van der Waals surface area (Å²) in [5, 5.41) is 0. The molecule has 0 atom stereocenters. The molecule has 2 aromatic rings. The molecule has 0 radical (unpaired) electrons. The van der Waals surface area contributed by atoms with E-state index >= 15 is 0 Å². The fraction of sp³-hybridized carbons (Fsp3) is 0.565. The van der Waals surface area contributed by atoms with Crippen LogP contribution in [0.1, 0.15) is 50.0 Å². The first-order valence-corrected chi connectivity index (χ1v) is 13.3. The number of rotatable bonds is 8. The molecule has 0 unspecified atom stereocenters. The van der Waals surface area contributed by atoms with Gasteiger partial charge in [0.2, 0.25) is 10.0 Å². The second-order valence-corrected chi connectivity index (χ2v) is 10.5. The summed E-state index contributed by atoms with van der Waals surface area (Å²) in [6, 6.07) is 5.08. The third-order valence-corrected chi connectivity index (χ3v) is 8.29. The number of aromatic nitrogens is 2. The van der Waals surface area contributed by atoms with Crippen LogP contribution < -0.4 is 15.1 Å². The van der Waals surface area contributed by atoms with E-state index in [1.807, 2.05) is 18.5 Å². The van der Waals surface area contributed by atoms with Gasteiger partial charge in [-0.25, -0.2) is 18.1 Å². The summed E-state index contributed by atoms with van der Waals surface area (Å²) < 4.78 is 36.3. The number of aliphatic imine (C=N–C) groups is 1. The largest absolute Gasteiger partial charge is 0.493 e. The number of imidazole rings is 1. The molecule has 10 heteroatoms. The minimum absolute atomic E-state index is 0.270. The number of fused-ring (bicyclic) bond motifs is 1. The first-order chi connectivity index (χ1) is 15.9. The number of likely N-dealkylation sites (N-methyl/N-ethyl adjacent to an activating group) is 1. The van der Waals surface area contributed by atoms with Crippen LogP contribution in [0.2, 0.25) is 0 Å². The lowest BCUT2D eigenvalue weighted by Gasteiger charge is -2.31. The predicted molar refractivity (Wildman–Crippen MR) is 128 cm³/mol. The van der Waals surface area contributed by atoms with Gasteiger partial charge >= 0.3 is 0 Å². The molecule has 0 spiro atoms. The smallest absolute Gasteiger partial charge is 0.243 e. The monoisotopic (exact) mass is 475 g/mol. The van der Waals surface area contributed by atoms with Crippen LogP contribution in [0, 0.1) is 6.92 Å². The molecule has 2 N–H and O–H groups in total. The highest BCUT2D eigenvalue weighted by atomic mass is 32.2. The first kappa shape index (κ1) is 23.7. The van der Waals surface area contributed by atoms with Crippen LogP contribution in [0.4, 0.5) is 0 Å². The third kappa shape index (κ3) is 4.64. The maximum Gasteiger partial charge on any atom is 0.243 e. The van der Waals surface area contributed by atoms with Crippen molar-refractivity contribution in [2.75, 3.05) is 44.8 Å². The first-order valence-electron chi connectivity index (χ1n) is 11.9. The summed E-state index contributed by atoms with van der Waals surface area (Å²) in [5.41, 5.74) is 6.01. The van der Waals surface area contributed by atoms with E-state index in [2.05, 4.69) is 19.3 Å². The Morgan fingerprint density at radius 1 is 1.18 bits per heavy atom. The molecule has 9 nitrogen and oxygen atoms in total. The van der Waals surface area contributed by atoms with Gasteiger partial charge in [-0.3, -0.25) is 10.4 Å². The number of sulfonamides is 1. The number of hydrogen-bond donors (Lipinski definition) is 2. The van der Waals surface area contributed by atoms with Crippen molar-refractivity contribution in [3.05, 3.63) is 41.0 Å². The topological polar surface area (TPSA) is 93.3 Å². The number of piperazine rings is 1. The lowest BCUT2D eigenvalue weighted by atomic mass is 10.1. The molecule has 4 rings (SSSR count). The highest BCUT2D eigenvalue weighted by Gasteiger charge is 2.31. The predicted octanol–water partition coefficient (Wildman–Crippen LogP) is 0.956. The fourth-order valence-electron chi connectivity index (χ4n) is 4.46. The highest BCUT2D eigenvalue weighted by molar-refractivity contribution is 7.89. The second-order valence-electron chi connectivity index (χ2n) is 8.52. The van der Waals surface area contributed by atoms with Crippen molar-refractivity contribution in [3.8, 4) is 5.75 Å². The Labute approximate surface area is 196 Å². The van der Waals surface area contributed by atoms with Crippen molar-refractivity contribution in [1.82, 2.24) is 14.0 Å². The molecular weight excluding hydrogens is 440 g/mol. The lowest BCUT2D eigenvalue weighted by Crippen LogP contribution is -3.14. The van der Waals surface area contributed by atoms with Crippen molar-refractivity contribution in [2.24, 2.45) is 4.99 Å². The van der Waals surface area contributed by atoms with Gasteiger partial charge in [-0.15, -0.1) is 0 Å². The second kappa shape index (κ2) is 9.82. The van der Waals surface area contributed by atoms with Crippen LogP contribution in [0.5, 0.6) is 5.75 Å². The summed E-state index contributed by atoms with van der Waals surface area (Å²) >= 11 is 0. The number of benzene rings is 1. The van der Waals surface area contributed by atoms with E-state index in [1.165, 1.54) is 4.90 Å². The molecular formula is C23H35N6O3S+. The van der Waals surface area contributed by atoms with Crippen LogP contribution in [-0.4, -0.2) is 67.5 Å². The van der Waals surface area contributed by atoms with E-state index in [0.717, 1.165) is 49.7 Å². The van der Waals surface area contributed by atoms with Gasteiger partial charge in [-0.2, -0.15) is 4.31 Å². The number of nitrogens with one attached hydrogen (secondary N) is 2. The van der Waals surface area contributed by atoms with Crippen molar-refractivity contribution < 1.29 is 18.1 Å². The van der Waals surface area contributed by atoms with Gasteiger partial charge in [0, 0.05) is 6.42 Å². The Hall–Kier alpha value is -2.43. The number of nitrogens with zero attached hydrogens (tertiary/aromatic N) is 4. The van der Waals surface area contributed by atoms with Crippen molar-refractivity contribution >= 4 is 15.9 Å². The summed E-state index contributed by atoms with van der Waals surface area (Å²) in [6.45, 7) is 12.9. The number of ether oxygens (including phenoxy) is 1. The molecule has 0 aliphatic carbocycles. The molecule has 180 valence electrons. The Morgan fingerprint density at radius 3 is 2.61 bits per heavy atom. The van der Waals surface area contributed by atoms with Crippen molar-refractivity contribution in [2.45, 2.75) is 52.0 Å². The van der Waals surface area contributed by atoms with E-state index in [1.54, 1.807) is 22.5 Å². The molecule has 1 aromatic heterocycles. The Morgan fingerprint density at radius 2 is 1.94 bits per heavy atom. The van der Waals surface area contributed by atoms with Gasteiger partial charge in [0.1, 0.15) is 11.6 Å². The minimum atomic E-state index is -3.60. The molecule has 33 heavy (non-hydrogen) atoms. The molecule has 2 aliphatic rings. The zero-order chi connectivity index (χ0) is 23.6. The SMILES string of the molecule is CCCc1nc(C)c2n1NC(c1cc(S(=O)(=O)N3CC[NH+](CC)CC3)ccc1OCC)=NC2. The number of hydrogen-bond acceptors (Lipinski definition) is 6. The molecule has 2 aliphatic heterocycles. The summed E-state index contributed by atoms with van der Waals surface area (Å²) in [4.78, 5) is 11.1. The molecule has 3 heterocycles. The minimum Gasteiger partial charge on any atom is -0.493 e. The molecule has 0 saturated carbocycles. The van der Waals surface area contributed by atoms with E-state index in [4.69, 9.17) is 14.7 Å². The van der Waals surface area contributed by atoms with Gasteiger partial charge in [0.05, 0.1) is 67.7 Å². The van der Waals surface area contributed by atoms with Crippen molar-refractivity contribution in [1.29, 1.82) is 0 Å². The summed E-state index contributed by atoms with van der Waals surface area (Å²) in [6.07, 6.45) is 1.83. The molecule has 0 amide bonds. The highest BCUT2D eigenvalue weighted by Crippen LogP contribution is 2.27. The van der Waals surface area contributed by atoms with Crippen LogP contribution >= 0.6 is 0 Å². The fourth-order valence-corrected chi connectivity index (χ4v) is 5.92. The third-order valence-electron chi connectivity index (χ3n) is 6.39. The van der Waals surface area contributed by atoms with Crippen LogP contribution in [0.3, 0.4) is 0 Å². The van der Waals surface area contributed by atoms with Gasteiger partial charge in [-0.1, -0.05) is 6.92 Å². The Kier molecular flexibility index (Phi) is 7.06. The zero-order valence-corrected chi connectivity index (χ0v) is 20.8. The van der Waals surface area contributed by atoms with E-state index in [0.29, 0.717) is 43.4 Å². The summed E-state index contributed by atoms with van der Waals surface area (Å²) in [7, 11) is -3.60. The zero-order valence-electron chi connectivity index (χ0n) is 20.0. The number of aryl methyl sites for hydroxylation is 2. The molecule has 0 bridgehead atoms. The Balaban J connectivity index is 1.67. The Bertz CT molecular complexity index is 1130.